The minimum Gasteiger partial charge on any atom is -0.432 e. The van der Waals surface area contributed by atoms with Crippen LogP contribution in [0.1, 0.15) is 16.8 Å². The van der Waals surface area contributed by atoms with Gasteiger partial charge in [-0.15, -0.1) is 11.6 Å². The van der Waals surface area contributed by atoms with Crippen molar-refractivity contribution in [2.24, 2.45) is 0 Å². The second-order valence-corrected chi connectivity index (χ2v) is 3.08. The van der Waals surface area contributed by atoms with E-state index in [2.05, 4.69) is 0 Å². The summed E-state index contributed by atoms with van der Waals surface area (Å²) in [6.45, 7) is 0. The monoisotopic (exact) mass is 214 g/mol. The summed E-state index contributed by atoms with van der Waals surface area (Å²) in [6, 6.07) is 8.49. The van der Waals surface area contributed by atoms with Crippen LogP contribution in [0.3, 0.4) is 0 Å². The van der Waals surface area contributed by atoms with Crippen LogP contribution in [-0.2, 0) is 4.74 Å². The van der Waals surface area contributed by atoms with Gasteiger partial charge in [0.2, 0.25) is 6.29 Å². The Morgan fingerprint density at radius 2 is 2.07 bits per heavy atom. The van der Waals surface area contributed by atoms with Crippen molar-refractivity contribution in [2.75, 3.05) is 5.88 Å². The topological polar surface area (TPSA) is 46.5 Å². The number of hydrogen-bond acceptors (Lipinski definition) is 3. The third-order valence-corrected chi connectivity index (χ3v) is 1.83. The smallest absolute Gasteiger partial charge is 0.340 e. The Hall–Kier alpha value is -1.06. The average molecular weight is 215 g/mol. The zero-order valence-electron chi connectivity index (χ0n) is 7.52. The molecule has 0 bridgehead atoms. The molecule has 0 saturated carbocycles. The Kier molecular flexibility index (Phi) is 4.43. The lowest BCUT2D eigenvalue weighted by Crippen LogP contribution is -2.18. The second-order valence-electron chi connectivity index (χ2n) is 2.70. The number of alkyl halides is 1. The lowest BCUT2D eigenvalue weighted by Gasteiger charge is -2.09. The number of benzene rings is 1. The second kappa shape index (κ2) is 5.62. The maximum Gasteiger partial charge on any atom is 0.340 e. The summed E-state index contributed by atoms with van der Waals surface area (Å²) in [6.07, 6.45) is -0.889. The normalized spacial score (nSPS) is 12.1. The highest BCUT2D eigenvalue weighted by atomic mass is 35.5. The zero-order valence-corrected chi connectivity index (χ0v) is 8.28. The standard InChI is InChI=1S/C10H11ClO3/c11-7-6-9(12)14-10(13)8-4-2-1-3-5-8/h1-5,9,12H,6-7H2. The van der Waals surface area contributed by atoms with E-state index in [0.29, 0.717) is 5.56 Å². The molecular formula is C10H11ClO3. The molecule has 0 aliphatic rings. The van der Waals surface area contributed by atoms with E-state index in [4.69, 9.17) is 21.4 Å². The summed E-state index contributed by atoms with van der Waals surface area (Å²) >= 11 is 5.37. The predicted octanol–water partition coefficient (Wildman–Crippen LogP) is 1.79. The van der Waals surface area contributed by atoms with Crippen molar-refractivity contribution in [3.05, 3.63) is 35.9 Å². The first kappa shape index (κ1) is 11.0. The summed E-state index contributed by atoms with van der Waals surface area (Å²) in [5, 5.41) is 9.15. The van der Waals surface area contributed by atoms with Crippen LogP contribution in [0.5, 0.6) is 0 Å². The zero-order chi connectivity index (χ0) is 10.4. The van der Waals surface area contributed by atoms with Crippen LogP contribution in [0.25, 0.3) is 0 Å². The first-order valence-corrected chi connectivity index (χ1v) is 4.77. The van der Waals surface area contributed by atoms with Crippen molar-refractivity contribution in [1.29, 1.82) is 0 Å². The van der Waals surface area contributed by atoms with E-state index in [1.54, 1.807) is 30.3 Å². The molecule has 0 aliphatic heterocycles. The number of esters is 1. The van der Waals surface area contributed by atoms with Gasteiger partial charge < -0.3 is 9.84 Å². The number of rotatable bonds is 4. The summed E-state index contributed by atoms with van der Waals surface area (Å²) in [7, 11) is 0. The van der Waals surface area contributed by atoms with E-state index < -0.39 is 12.3 Å². The van der Waals surface area contributed by atoms with Gasteiger partial charge in [0.05, 0.1) is 5.56 Å². The van der Waals surface area contributed by atoms with Gasteiger partial charge in [-0.2, -0.15) is 0 Å². The third kappa shape index (κ3) is 3.36. The molecule has 1 rings (SSSR count). The molecule has 0 heterocycles. The van der Waals surface area contributed by atoms with E-state index in [0.717, 1.165) is 0 Å². The number of aliphatic hydroxyl groups is 1. The van der Waals surface area contributed by atoms with Crippen LogP contribution < -0.4 is 0 Å². The fraction of sp³-hybridized carbons (Fsp3) is 0.300. The van der Waals surface area contributed by atoms with Crippen molar-refractivity contribution >= 4 is 17.6 Å². The molecule has 1 aromatic rings. The van der Waals surface area contributed by atoms with Crippen molar-refractivity contribution in [3.8, 4) is 0 Å². The molecule has 4 heteroatoms. The molecule has 0 saturated heterocycles. The van der Waals surface area contributed by atoms with Gasteiger partial charge in [0.15, 0.2) is 0 Å². The van der Waals surface area contributed by atoms with E-state index >= 15 is 0 Å². The number of carbonyl (C=O) groups is 1. The summed E-state index contributed by atoms with van der Waals surface area (Å²) in [4.78, 5) is 11.3. The minimum absolute atomic E-state index is 0.236. The predicted molar refractivity (Wildman–Crippen MR) is 53.2 cm³/mol. The molecule has 14 heavy (non-hydrogen) atoms. The SMILES string of the molecule is O=C(OC(O)CCCl)c1ccccc1. The van der Waals surface area contributed by atoms with Crippen LogP contribution in [0.4, 0.5) is 0 Å². The Morgan fingerprint density at radius 1 is 1.43 bits per heavy atom. The molecule has 1 aromatic carbocycles. The molecular weight excluding hydrogens is 204 g/mol. The Morgan fingerprint density at radius 3 is 2.64 bits per heavy atom. The highest BCUT2D eigenvalue weighted by Gasteiger charge is 2.11. The fourth-order valence-corrected chi connectivity index (χ4v) is 1.10. The van der Waals surface area contributed by atoms with Gasteiger partial charge in [0.1, 0.15) is 0 Å². The molecule has 0 aromatic heterocycles. The fourth-order valence-electron chi connectivity index (χ4n) is 0.918. The maximum atomic E-state index is 11.3. The molecule has 76 valence electrons. The average Bonchev–Trinajstić information content (AvgIpc) is 2.19. The minimum atomic E-state index is -1.12. The van der Waals surface area contributed by atoms with Gasteiger partial charge in [-0.25, -0.2) is 4.79 Å². The van der Waals surface area contributed by atoms with Crippen LogP contribution in [0.15, 0.2) is 30.3 Å². The quantitative estimate of drug-likeness (QED) is 0.472. The number of carbonyl (C=O) groups excluding carboxylic acids is 1. The van der Waals surface area contributed by atoms with Crippen LogP contribution in [0, 0.1) is 0 Å². The Balaban J connectivity index is 2.51. The Labute approximate surface area is 87.3 Å². The first-order chi connectivity index (χ1) is 6.74. The molecule has 0 fully saturated rings. The summed E-state index contributed by atoms with van der Waals surface area (Å²) in [5.41, 5.74) is 0.418. The molecule has 1 N–H and O–H groups in total. The van der Waals surface area contributed by atoms with Crippen molar-refractivity contribution in [1.82, 2.24) is 0 Å². The van der Waals surface area contributed by atoms with Crippen LogP contribution in [-0.4, -0.2) is 23.2 Å². The molecule has 3 nitrogen and oxygen atoms in total. The van der Waals surface area contributed by atoms with E-state index in [1.807, 2.05) is 0 Å². The van der Waals surface area contributed by atoms with Gasteiger partial charge >= 0.3 is 5.97 Å². The van der Waals surface area contributed by atoms with Gasteiger partial charge in [0, 0.05) is 12.3 Å². The van der Waals surface area contributed by atoms with E-state index in [-0.39, 0.29) is 12.3 Å². The van der Waals surface area contributed by atoms with Crippen LogP contribution >= 0.6 is 11.6 Å². The molecule has 0 radical (unpaired) electrons. The van der Waals surface area contributed by atoms with Gasteiger partial charge in [-0.05, 0) is 12.1 Å². The lowest BCUT2D eigenvalue weighted by molar-refractivity contribution is -0.0651. The van der Waals surface area contributed by atoms with Gasteiger partial charge in [-0.1, -0.05) is 18.2 Å². The van der Waals surface area contributed by atoms with E-state index in [1.165, 1.54) is 0 Å². The van der Waals surface area contributed by atoms with Gasteiger partial charge in [0.25, 0.3) is 0 Å². The first-order valence-electron chi connectivity index (χ1n) is 4.24. The Bertz CT molecular complexity index is 287. The van der Waals surface area contributed by atoms with E-state index in [9.17, 15) is 4.79 Å². The van der Waals surface area contributed by atoms with Crippen molar-refractivity contribution in [3.63, 3.8) is 0 Å². The maximum absolute atomic E-state index is 11.3. The largest absolute Gasteiger partial charge is 0.432 e. The lowest BCUT2D eigenvalue weighted by atomic mass is 10.2. The summed E-state index contributed by atoms with van der Waals surface area (Å²) in [5.74, 6) is -0.285. The third-order valence-electron chi connectivity index (χ3n) is 1.61. The number of halogens is 1. The number of ether oxygens (including phenoxy) is 1. The highest BCUT2D eigenvalue weighted by Crippen LogP contribution is 2.04. The number of hydrogen-bond donors (Lipinski definition) is 1. The van der Waals surface area contributed by atoms with Crippen molar-refractivity contribution < 1.29 is 14.6 Å². The highest BCUT2D eigenvalue weighted by molar-refractivity contribution is 6.17. The summed E-state index contributed by atoms with van der Waals surface area (Å²) < 4.78 is 4.71. The van der Waals surface area contributed by atoms with Crippen LogP contribution in [0.2, 0.25) is 0 Å². The molecule has 0 amide bonds. The molecule has 0 aliphatic carbocycles. The molecule has 1 unspecified atom stereocenters. The molecule has 0 spiro atoms. The molecule has 1 atom stereocenters. The van der Waals surface area contributed by atoms with Crippen molar-refractivity contribution in [2.45, 2.75) is 12.7 Å². The number of aliphatic hydroxyl groups excluding tert-OH is 1. The van der Waals surface area contributed by atoms with Gasteiger partial charge in [-0.3, -0.25) is 0 Å².